The van der Waals surface area contributed by atoms with Crippen LogP contribution in [0.4, 0.5) is 0 Å². The van der Waals surface area contributed by atoms with Gasteiger partial charge in [0.25, 0.3) is 0 Å². The van der Waals surface area contributed by atoms with E-state index in [1.54, 1.807) is 12.1 Å². The maximum absolute atomic E-state index is 11.7. The van der Waals surface area contributed by atoms with Crippen LogP contribution in [0.25, 0.3) is 22.2 Å². The highest BCUT2D eigenvalue weighted by Crippen LogP contribution is 2.32. The lowest BCUT2D eigenvalue weighted by Crippen LogP contribution is -2.01. The Labute approximate surface area is 148 Å². The largest absolute Gasteiger partial charge is 0.494 e. The van der Waals surface area contributed by atoms with E-state index < -0.39 is 5.97 Å². The van der Waals surface area contributed by atoms with Crippen molar-refractivity contribution >= 4 is 40.1 Å². The molecular weight excluding hydrogens is 349 g/mol. The first-order valence-corrected chi connectivity index (χ1v) is 8.01. The lowest BCUT2D eigenvalue weighted by molar-refractivity contribution is 0.0699. The number of carboxylic acid groups (broad SMARTS) is 1. The van der Waals surface area contributed by atoms with E-state index in [0.29, 0.717) is 39.0 Å². The number of pyridine rings is 1. The predicted octanol–water partition coefficient (Wildman–Crippen LogP) is 5.31. The van der Waals surface area contributed by atoms with Gasteiger partial charge in [0, 0.05) is 16.0 Å². The van der Waals surface area contributed by atoms with Crippen molar-refractivity contribution in [1.29, 1.82) is 0 Å². The summed E-state index contributed by atoms with van der Waals surface area (Å²) in [5.41, 5.74) is 1.75. The highest BCUT2D eigenvalue weighted by Gasteiger charge is 2.16. The Morgan fingerprint density at radius 1 is 1.21 bits per heavy atom. The molecule has 0 saturated heterocycles. The second kappa shape index (κ2) is 6.67. The summed E-state index contributed by atoms with van der Waals surface area (Å²) >= 11 is 12.2. The molecule has 0 aliphatic carbocycles. The normalized spacial score (nSPS) is 10.8. The molecule has 0 aliphatic heterocycles. The van der Waals surface area contributed by atoms with E-state index in [9.17, 15) is 9.90 Å². The SMILES string of the molecule is CCOc1cccc(-c2cc(C(=O)O)c3cc(Cl)cc(Cl)c3n2)c1. The Bertz CT molecular complexity index is 941. The van der Waals surface area contributed by atoms with Gasteiger partial charge in [-0.25, -0.2) is 9.78 Å². The van der Waals surface area contributed by atoms with Gasteiger partial charge in [0.05, 0.1) is 28.4 Å². The van der Waals surface area contributed by atoms with Gasteiger partial charge in [-0.05, 0) is 37.3 Å². The molecule has 122 valence electrons. The summed E-state index contributed by atoms with van der Waals surface area (Å²) in [6, 6.07) is 11.9. The smallest absolute Gasteiger partial charge is 0.336 e. The summed E-state index contributed by atoms with van der Waals surface area (Å²) in [6.07, 6.45) is 0. The highest BCUT2D eigenvalue weighted by molar-refractivity contribution is 6.38. The first-order chi connectivity index (χ1) is 11.5. The number of hydrogen-bond acceptors (Lipinski definition) is 3. The zero-order valence-electron chi connectivity index (χ0n) is 12.7. The molecule has 0 spiro atoms. The van der Waals surface area contributed by atoms with E-state index in [-0.39, 0.29) is 5.56 Å². The lowest BCUT2D eigenvalue weighted by Gasteiger charge is -2.10. The molecule has 0 atom stereocenters. The summed E-state index contributed by atoms with van der Waals surface area (Å²) in [6.45, 7) is 2.44. The summed E-state index contributed by atoms with van der Waals surface area (Å²) < 4.78 is 5.49. The average molecular weight is 362 g/mol. The van der Waals surface area contributed by atoms with E-state index in [2.05, 4.69) is 4.98 Å². The molecule has 0 unspecified atom stereocenters. The fourth-order valence-corrected chi connectivity index (χ4v) is 3.02. The second-order valence-corrected chi connectivity index (χ2v) is 5.95. The second-order valence-electron chi connectivity index (χ2n) is 5.10. The first-order valence-electron chi connectivity index (χ1n) is 7.26. The molecule has 3 rings (SSSR count). The van der Waals surface area contributed by atoms with Crippen molar-refractivity contribution in [3.8, 4) is 17.0 Å². The molecule has 0 aliphatic rings. The molecule has 1 N–H and O–H groups in total. The van der Waals surface area contributed by atoms with Crippen LogP contribution < -0.4 is 4.74 Å². The van der Waals surface area contributed by atoms with Gasteiger partial charge < -0.3 is 9.84 Å². The zero-order valence-corrected chi connectivity index (χ0v) is 14.2. The number of nitrogens with zero attached hydrogens (tertiary/aromatic N) is 1. The van der Waals surface area contributed by atoms with Gasteiger partial charge >= 0.3 is 5.97 Å². The highest BCUT2D eigenvalue weighted by atomic mass is 35.5. The summed E-state index contributed by atoms with van der Waals surface area (Å²) in [7, 11) is 0. The molecule has 24 heavy (non-hydrogen) atoms. The van der Waals surface area contributed by atoms with E-state index in [0.717, 1.165) is 5.56 Å². The number of hydrogen-bond donors (Lipinski definition) is 1. The molecule has 1 aromatic heterocycles. The molecule has 0 saturated carbocycles. The minimum absolute atomic E-state index is 0.0983. The van der Waals surface area contributed by atoms with Crippen LogP contribution in [0.15, 0.2) is 42.5 Å². The molecule has 1 heterocycles. The third-order valence-electron chi connectivity index (χ3n) is 3.50. The monoisotopic (exact) mass is 361 g/mol. The zero-order chi connectivity index (χ0) is 17.3. The topological polar surface area (TPSA) is 59.4 Å². The van der Waals surface area contributed by atoms with Crippen LogP contribution in [0.5, 0.6) is 5.75 Å². The minimum Gasteiger partial charge on any atom is -0.494 e. The Kier molecular flexibility index (Phi) is 4.60. The maximum Gasteiger partial charge on any atom is 0.336 e. The van der Waals surface area contributed by atoms with Gasteiger partial charge in [0.1, 0.15) is 5.75 Å². The number of carbonyl (C=O) groups is 1. The van der Waals surface area contributed by atoms with Crippen LogP contribution in [-0.4, -0.2) is 22.7 Å². The maximum atomic E-state index is 11.7. The number of carboxylic acids is 1. The van der Waals surface area contributed by atoms with Crippen LogP contribution in [-0.2, 0) is 0 Å². The number of halogens is 2. The molecule has 0 fully saturated rings. The van der Waals surface area contributed by atoms with Crippen LogP contribution in [0.2, 0.25) is 10.0 Å². The first kappa shape index (κ1) is 16.6. The van der Waals surface area contributed by atoms with Gasteiger partial charge in [-0.3, -0.25) is 0 Å². The van der Waals surface area contributed by atoms with Crippen molar-refractivity contribution in [2.24, 2.45) is 0 Å². The van der Waals surface area contributed by atoms with E-state index in [1.807, 2.05) is 31.2 Å². The Morgan fingerprint density at radius 2 is 2.00 bits per heavy atom. The van der Waals surface area contributed by atoms with Crippen LogP contribution in [0.3, 0.4) is 0 Å². The van der Waals surface area contributed by atoms with Crippen molar-refractivity contribution in [2.45, 2.75) is 6.92 Å². The molecule has 0 radical (unpaired) electrons. The molecular formula is C18H13Cl2NO3. The fraction of sp³-hybridized carbons (Fsp3) is 0.111. The summed E-state index contributed by atoms with van der Waals surface area (Å²) in [5.74, 6) is -0.376. The number of ether oxygens (including phenoxy) is 1. The molecule has 2 aromatic carbocycles. The van der Waals surface area contributed by atoms with E-state index in [4.69, 9.17) is 27.9 Å². The number of aromatic nitrogens is 1. The standard InChI is InChI=1S/C18H13Cl2NO3/c1-2-24-12-5-3-4-10(6-12)16-9-14(18(22)23)13-7-11(19)8-15(20)17(13)21-16/h3-9H,2H2,1H3,(H,22,23). The quantitative estimate of drug-likeness (QED) is 0.684. The molecule has 3 aromatic rings. The van der Waals surface area contributed by atoms with Gasteiger partial charge in [-0.2, -0.15) is 0 Å². The van der Waals surface area contributed by atoms with Gasteiger partial charge in [-0.1, -0.05) is 35.3 Å². The Hall–Kier alpha value is -2.30. The van der Waals surface area contributed by atoms with Crippen LogP contribution in [0.1, 0.15) is 17.3 Å². The molecule has 0 bridgehead atoms. The third kappa shape index (κ3) is 3.16. The fourth-order valence-electron chi connectivity index (χ4n) is 2.49. The molecule has 6 heteroatoms. The van der Waals surface area contributed by atoms with Crippen molar-refractivity contribution in [2.75, 3.05) is 6.61 Å². The predicted molar refractivity (Wildman–Crippen MR) is 95.3 cm³/mol. The van der Waals surface area contributed by atoms with Gasteiger partial charge in [0.2, 0.25) is 0 Å². The Morgan fingerprint density at radius 3 is 2.71 bits per heavy atom. The van der Waals surface area contributed by atoms with Crippen molar-refractivity contribution in [1.82, 2.24) is 4.98 Å². The van der Waals surface area contributed by atoms with Crippen LogP contribution in [0, 0.1) is 0 Å². The molecule has 4 nitrogen and oxygen atoms in total. The third-order valence-corrected chi connectivity index (χ3v) is 4.01. The number of benzene rings is 2. The molecule has 0 amide bonds. The summed E-state index contributed by atoms with van der Waals surface area (Å²) in [4.78, 5) is 16.2. The van der Waals surface area contributed by atoms with Gasteiger partial charge in [0.15, 0.2) is 0 Å². The number of rotatable bonds is 4. The van der Waals surface area contributed by atoms with Crippen molar-refractivity contribution in [3.05, 3.63) is 58.1 Å². The number of fused-ring (bicyclic) bond motifs is 1. The van der Waals surface area contributed by atoms with Crippen molar-refractivity contribution in [3.63, 3.8) is 0 Å². The van der Waals surface area contributed by atoms with Gasteiger partial charge in [-0.15, -0.1) is 0 Å². The average Bonchev–Trinajstić information content (AvgIpc) is 2.54. The lowest BCUT2D eigenvalue weighted by atomic mass is 10.0. The van der Waals surface area contributed by atoms with Crippen molar-refractivity contribution < 1.29 is 14.6 Å². The van der Waals surface area contributed by atoms with E-state index in [1.165, 1.54) is 6.07 Å². The Balaban J connectivity index is 2.26. The number of aromatic carboxylic acids is 1. The summed E-state index contributed by atoms with van der Waals surface area (Å²) in [5, 5.41) is 10.6. The van der Waals surface area contributed by atoms with E-state index >= 15 is 0 Å². The van der Waals surface area contributed by atoms with Crippen LogP contribution >= 0.6 is 23.2 Å². The minimum atomic E-state index is -1.07.